The smallest absolute Gasteiger partial charge is 0.126 e. The van der Waals surface area contributed by atoms with Crippen molar-refractivity contribution in [3.8, 4) is 0 Å². The molecule has 86 valence electrons. The van der Waals surface area contributed by atoms with Crippen LogP contribution in [0, 0.1) is 10.8 Å². The fraction of sp³-hybridized carbons (Fsp3) is 0.714. The minimum absolute atomic E-state index is 0.128. The van der Waals surface area contributed by atoms with E-state index >= 15 is 0 Å². The topological polar surface area (TPSA) is 9.23 Å². The lowest BCUT2D eigenvalue weighted by Crippen LogP contribution is -2.32. The second-order valence-corrected chi connectivity index (χ2v) is 6.58. The van der Waals surface area contributed by atoms with Crippen molar-refractivity contribution in [3.63, 3.8) is 0 Å². The van der Waals surface area contributed by atoms with Gasteiger partial charge in [-0.2, -0.15) is 0 Å². The van der Waals surface area contributed by atoms with Gasteiger partial charge in [0.2, 0.25) is 0 Å². The van der Waals surface area contributed by atoms with Crippen LogP contribution in [0.3, 0.4) is 0 Å². The second-order valence-electron chi connectivity index (χ2n) is 6.58. The number of allylic oxidation sites excluding steroid dienone is 1. The van der Waals surface area contributed by atoms with Crippen LogP contribution in [-0.4, -0.2) is 6.10 Å². The molecular formula is C14H24O. The molecule has 0 bridgehead atoms. The van der Waals surface area contributed by atoms with Crippen LogP contribution in [0.1, 0.15) is 48.5 Å². The van der Waals surface area contributed by atoms with E-state index in [2.05, 4.69) is 55.0 Å². The van der Waals surface area contributed by atoms with Crippen molar-refractivity contribution >= 4 is 0 Å². The summed E-state index contributed by atoms with van der Waals surface area (Å²) in [6, 6.07) is 0. The number of ether oxygens (including phenoxy) is 1. The van der Waals surface area contributed by atoms with Gasteiger partial charge in [-0.05, 0) is 23.5 Å². The maximum absolute atomic E-state index is 5.91. The molecule has 1 unspecified atom stereocenters. The van der Waals surface area contributed by atoms with E-state index < -0.39 is 0 Å². The quantitative estimate of drug-likeness (QED) is 0.576. The Kier molecular flexibility index (Phi) is 2.80. The highest BCUT2D eigenvalue weighted by Gasteiger charge is 2.41. The molecule has 1 aliphatic heterocycles. The van der Waals surface area contributed by atoms with Gasteiger partial charge in [0.1, 0.15) is 11.9 Å². The van der Waals surface area contributed by atoms with Gasteiger partial charge in [0, 0.05) is 5.41 Å². The van der Waals surface area contributed by atoms with Crippen molar-refractivity contribution in [2.24, 2.45) is 10.8 Å². The maximum Gasteiger partial charge on any atom is 0.126 e. The molecule has 0 aromatic heterocycles. The van der Waals surface area contributed by atoms with Crippen LogP contribution in [0.2, 0.25) is 0 Å². The molecule has 1 atom stereocenters. The zero-order valence-corrected chi connectivity index (χ0v) is 11.2. The number of hydrogen-bond acceptors (Lipinski definition) is 1. The average Bonchev–Trinajstić information content (AvgIpc) is 2.25. The van der Waals surface area contributed by atoms with Crippen LogP contribution in [0.25, 0.3) is 0 Å². The first-order valence-corrected chi connectivity index (χ1v) is 5.62. The molecule has 0 aliphatic carbocycles. The predicted octanol–water partition coefficient (Wildman–Crippen LogP) is 4.31. The first kappa shape index (κ1) is 12.4. The second kappa shape index (κ2) is 3.40. The largest absolute Gasteiger partial charge is 0.486 e. The lowest BCUT2D eigenvalue weighted by Gasteiger charge is -2.34. The first-order valence-electron chi connectivity index (χ1n) is 5.62. The van der Waals surface area contributed by atoms with E-state index in [0.717, 1.165) is 5.76 Å². The van der Waals surface area contributed by atoms with E-state index in [-0.39, 0.29) is 16.9 Å². The van der Waals surface area contributed by atoms with Crippen LogP contribution in [0.5, 0.6) is 0 Å². The zero-order chi connectivity index (χ0) is 12.0. The molecule has 1 aliphatic rings. The van der Waals surface area contributed by atoms with Crippen LogP contribution < -0.4 is 0 Å². The summed E-state index contributed by atoms with van der Waals surface area (Å²) in [5, 5.41) is 0. The average molecular weight is 208 g/mol. The summed E-state index contributed by atoms with van der Waals surface area (Å²) in [6.07, 6.45) is 0.171. The number of rotatable bonds is 0. The van der Waals surface area contributed by atoms with Crippen molar-refractivity contribution in [2.75, 3.05) is 0 Å². The van der Waals surface area contributed by atoms with E-state index in [1.54, 1.807) is 0 Å². The lowest BCUT2D eigenvalue weighted by atomic mass is 9.73. The fourth-order valence-electron chi connectivity index (χ4n) is 2.20. The highest BCUT2D eigenvalue weighted by Crippen LogP contribution is 2.46. The monoisotopic (exact) mass is 208 g/mol. The van der Waals surface area contributed by atoms with Gasteiger partial charge in [0.25, 0.3) is 0 Å². The Morgan fingerprint density at radius 1 is 1.07 bits per heavy atom. The molecular weight excluding hydrogens is 184 g/mol. The molecule has 0 N–H and O–H groups in total. The van der Waals surface area contributed by atoms with Gasteiger partial charge in [-0.1, -0.05) is 48.1 Å². The van der Waals surface area contributed by atoms with Crippen LogP contribution >= 0.6 is 0 Å². The Balaban J connectivity index is 3.21. The summed E-state index contributed by atoms with van der Waals surface area (Å²) >= 11 is 0. The van der Waals surface area contributed by atoms with Gasteiger partial charge in [0.05, 0.1) is 0 Å². The molecule has 1 heteroatoms. The fourth-order valence-corrected chi connectivity index (χ4v) is 2.20. The highest BCUT2D eigenvalue weighted by molar-refractivity contribution is 5.39. The maximum atomic E-state index is 5.91. The third-order valence-corrected chi connectivity index (χ3v) is 2.94. The standard InChI is InChI=1S/C14H24O/c1-9-10(2)15-12(14(6,7)8)11(9)13(3,4)5/h12H,2H2,1,3-8H3. The first-order chi connectivity index (χ1) is 6.55. The van der Waals surface area contributed by atoms with Crippen LogP contribution in [0.4, 0.5) is 0 Å². The molecule has 0 saturated carbocycles. The van der Waals surface area contributed by atoms with E-state index in [4.69, 9.17) is 4.74 Å². The van der Waals surface area contributed by atoms with Crippen molar-refractivity contribution in [1.29, 1.82) is 0 Å². The van der Waals surface area contributed by atoms with E-state index in [0.29, 0.717) is 0 Å². The summed E-state index contributed by atoms with van der Waals surface area (Å²) < 4.78 is 5.91. The van der Waals surface area contributed by atoms with Gasteiger partial charge in [-0.25, -0.2) is 0 Å². The molecule has 1 heterocycles. The van der Waals surface area contributed by atoms with Gasteiger partial charge in [-0.3, -0.25) is 0 Å². The SMILES string of the molecule is C=C1OC(C(C)(C)C)C(C(C)(C)C)=C1C. The molecule has 0 spiro atoms. The third kappa shape index (κ3) is 2.27. The Bertz CT molecular complexity index is 307. The highest BCUT2D eigenvalue weighted by atomic mass is 16.5. The minimum Gasteiger partial charge on any atom is -0.486 e. The van der Waals surface area contributed by atoms with E-state index in [1.807, 2.05) is 0 Å². The molecule has 0 saturated heterocycles. The summed E-state index contributed by atoms with van der Waals surface area (Å²) in [7, 11) is 0. The van der Waals surface area contributed by atoms with Crippen molar-refractivity contribution in [1.82, 2.24) is 0 Å². The van der Waals surface area contributed by atoms with Gasteiger partial charge in [0.15, 0.2) is 0 Å². The molecule has 0 aromatic carbocycles. The van der Waals surface area contributed by atoms with Gasteiger partial charge in [-0.15, -0.1) is 0 Å². The van der Waals surface area contributed by atoms with Crippen LogP contribution in [-0.2, 0) is 4.74 Å². The van der Waals surface area contributed by atoms with Crippen LogP contribution in [0.15, 0.2) is 23.5 Å². The summed E-state index contributed by atoms with van der Waals surface area (Å²) in [5.74, 6) is 0.847. The van der Waals surface area contributed by atoms with Crippen molar-refractivity contribution in [3.05, 3.63) is 23.5 Å². The van der Waals surface area contributed by atoms with E-state index in [1.165, 1.54) is 11.1 Å². The third-order valence-electron chi connectivity index (χ3n) is 2.94. The Labute approximate surface area is 94.2 Å². The van der Waals surface area contributed by atoms with Gasteiger partial charge >= 0.3 is 0 Å². The normalized spacial score (nSPS) is 23.4. The van der Waals surface area contributed by atoms with Gasteiger partial charge < -0.3 is 4.74 Å². The number of hydrogen-bond donors (Lipinski definition) is 0. The molecule has 15 heavy (non-hydrogen) atoms. The molecule has 1 rings (SSSR count). The Hall–Kier alpha value is -0.720. The van der Waals surface area contributed by atoms with Crippen molar-refractivity contribution < 1.29 is 4.74 Å². The zero-order valence-electron chi connectivity index (χ0n) is 11.2. The molecule has 0 radical (unpaired) electrons. The lowest BCUT2D eigenvalue weighted by molar-refractivity contribution is 0.0648. The molecule has 0 fully saturated rings. The summed E-state index contributed by atoms with van der Waals surface area (Å²) in [5.41, 5.74) is 2.92. The molecule has 0 aromatic rings. The predicted molar refractivity (Wildman–Crippen MR) is 65.6 cm³/mol. The van der Waals surface area contributed by atoms with Crippen molar-refractivity contribution in [2.45, 2.75) is 54.6 Å². The van der Waals surface area contributed by atoms with E-state index in [9.17, 15) is 0 Å². The molecule has 1 nitrogen and oxygen atoms in total. The minimum atomic E-state index is 0.128. The molecule has 0 amide bonds. The Morgan fingerprint density at radius 2 is 1.53 bits per heavy atom. The Morgan fingerprint density at radius 3 is 1.80 bits per heavy atom. The summed E-state index contributed by atoms with van der Waals surface area (Å²) in [4.78, 5) is 0. The summed E-state index contributed by atoms with van der Waals surface area (Å²) in [6.45, 7) is 19.5.